The van der Waals surface area contributed by atoms with E-state index < -0.39 is 0 Å². The molecule has 5 heteroatoms. The van der Waals surface area contributed by atoms with Gasteiger partial charge in [-0.2, -0.15) is 0 Å². The summed E-state index contributed by atoms with van der Waals surface area (Å²) < 4.78 is 4.60. The predicted molar refractivity (Wildman–Crippen MR) is 51.9 cm³/mol. The summed E-state index contributed by atoms with van der Waals surface area (Å²) in [5.41, 5.74) is 0.364. The summed E-state index contributed by atoms with van der Waals surface area (Å²) in [6.07, 6.45) is 1.40. The van der Waals surface area contributed by atoms with E-state index >= 15 is 0 Å². The van der Waals surface area contributed by atoms with E-state index in [1.807, 2.05) is 6.92 Å². The van der Waals surface area contributed by atoms with E-state index in [0.29, 0.717) is 18.8 Å². The SMILES string of the molecule is CCN(CCBr)C(=O)c1ccon1. The van der Waals surface area contributed by atoms with Crippen molar-refractivity contribution in [2.45, 2.75) is 6.92 Å². The van der Waals surface area contributed by atoms with E-state index in [2.05, 4.69) is 25.6 Å². The van der Waals surface area contributed by atoms with Crippen LogP contribution in [0.3, 0.4) is 0 Å². The van der Waals surface area contributed by atoms with Gasteiger partial charge in [-0.3, -0.25) is 4.79 Å². The largest absolute Gasteiger partial charge is 0.364 e. The molecule has 1 rings (SSSR count). The Bertz CT molecular complexity index is 261. The van der Waals surface area contributed by atoms with Crippen molar-refractivity contribution in [3.05, 3.63) is 18.0 Å². The Morgan fingerprint density at radius 1 is 1.77 bits per heavy atom. The Kier molecular flexibility index (Phi) is 3.95. The normalized spacial score (nSPS) is 10.0. The van der Waals surface area contributed by atoms with Crippen LogP contribution < -0.4 is 0 Å². The Hall–Kier alpha value is -0.840. The lowest BCUT2D eigenvalue weighted by Gasteiger charge is -2.17. The molecule has 0 unspecified atom stereocenters. The summed E-state index contributed by atoms with van der Waals surface area (Å²) in [6.45, 7) is 3.29. The second-order valence-corrected chi connectivity index (χ2v) is 3.25. The van der Waals surface area contributed by atoms with E-state index in [4.69, 9.17) is 0 Å². The lowest BCUT2D eigenvalue weighted by molar-refractivity contribution is 0.0764. The zero-order chi connectivity index (χ0) is 9.68. The number of hydrogen-bond acceptors (Lipinski definition) is 3. The van der Waals surface area contributed by atoms with Gasteiger partial charge in [0, 0.05) is 24.5 Å². The molecule has 0 aliphatic carbocycles. The zero-order valence-electron chi connectivity index (χ0n) is 7.36. The Labute approximate surface area is 85.0 Å². The van der Waals surface area contributed by atoms with Crippen LogP contribution in [-0.4, -0.2) is 34.4 Å². The highest BCUT2D eigenvalue weighted by Crippen LogP contribution is 2.02. The van der Waals surface area contributed by atoms with Crippen molar-refractivity contribution in [3.63, 3.8) is 0 Å². The van der Waals surface area contributed by atoms with Crippen LogP contribution in [0.25, 0.3) is 0 Å². The van der Waals surface area contributed by atoms with Gasteiger partial charge in [0.1, 0.15) is 6.26 Å². The summed E-state index contributed by atoms with van der Waals surface area (Å²) in [5, 5.41) is 4.35. The van der Waals surface area contributed by atoms with Crippen molar-refractivity contribution >= 4 is 21.8 Å². The predicted octanol–water partition coefficient (Wildman–Crippen LogP) is 1.53. The molecule has 0 bridgehead atoms. The van der Waals surface area contributed by atoms with Gasteiger partial charge in [-0.05, 0) is 6.92 Å². The molecule has 0 spiro atoms. The fourth-order valence-corrected chi connectivity index (χ4v) is 1.42. The van der Waals surface area contributed by atoms with Crippen LogP contribution in [0.2, 0.25) is 0 Å². The molecule has 0 N–H and O–H groups in total. The van der Waals surface area contributed by atoms with Gasteiger partial charge in [0.2, 0.25) is 0 Å². The number of hydrogen-bond donors (Lipinski definition) is 0. The summed E-state index contributed by atoms with van der Waals surface area (Å²) in [7, 11) is 0. The number of carbonyl (C=O) groups is 1. The average molecular weight is 247 g/mol. The van der Waals surface area contributed by atoms with Crippen LogP contribution in [0.5, 0.6) is 0 Å². The molecule has 1 aromatic heterocycles. The minimum Gasteiger partial charge on any atom is -0.364 e. The van der Waals surface area contributed by atoms with Crippen molar-refractivity contribution in [1.82, 2.24) is 10.1 Å². The first-order valence-corrected chi connectivity index (χ1v) is 5.17. The number of amides is 1. The quantitative estimate of drug-likeness (QED) is 0.758. The van der Waals surface area contributed by atoms with Crippen LogP contribution in [0.1, 0.15) is 17.4 Å². The highest BCUT2D eigenvalue weighted by atomic mass is 79.9. The molecule has 1 amide bonds. The number of carbonyl (C=O) groups excluding carboxylic acids is 1. The molecule has 0 atom stereocenters. The second-order valence-electron chi connectivity index (χ2n) is 2.46. The molecular formula is C8H11BrN2O2. The lowest BCUT2D eigenvalue weighted by Crippen LogP contribution is -2.32. The first-order chi connectivity index (χ1) is 6.29. The number of rotatable bonds is 4. The highest BCUT2D eigenvalue weighted by Gasteiger charge is 2.15. The van der Waals surface area contributed by atoms with E-state index in [9.17, 15) is 4.79 Å². The van der Waals surface area contributed by atoms with Crippen molar-refractivity contribution in [2.24, 2.45) is 0 Å². The maximum Gasteiger partial charge on any atom is 0.276 e. The van der Waals surface area contributed by atoms with Gasteiger partial charge >= 0.3 is 0 Å². The molecule has 1 heterocycles. The van der Waals surface area contributed by atoms with Gasteiger partial charge in [0.05, 0.1) is 0 Å². The lowest BCUT2D eigenvalue weighted by atomic mass is 10.3. The highest BCUT2D eigenvalue weighted by molar-refractivity contribution is 9.09. The third-order valence-electron chi connectivity index (χ3n) is 1.68. The first-order valence-electron chi connectivity index (χ1n) is 4.05. The van der Waals surface area contributed by atoms with Gasteiger partial charge in [-0.1, -0.05) is 21.1 Å². The van der Waals surface area contributed by atoms with Crippen LogP contribution in [0.4, 0.5) is 0 Å². The van der Waals surface area contributed by atoms with Gasteiger partial charge in [0.25, 0.3) is 5.91 Å². The number of alkyl halides is 1. The molecule has 0 saturated heterocycles. The smallest absolute Gasteiger partial charge is 0.276 e. The maximum atomic E-state index is 11.6. The summed E-state index contributed by atoms with van der Waals surface area (Å²) in [6, 6.07) is 1.57. The van der Waals surface area contributed by atoms with Crippen molar-refractivity contribution in [3.8, 4) is 0 Å². The van der Waals surface area contributed by atoms with Crippen molar-refractivity contribution in [1.29, 1.82) is 0 Å². The monoisotopic (exact) mass is 246 g/mol. The topological polar surface area (TPSA) is 46.3 Å². The molecule has 0 aliphatic rings. The molecule has 0 fully saturated rings. The van der Waals surface area contributed by atoms with E-state index in [-0.39, 0.29) is 5.91 Å². The number of halogens is 1. The number of aromatic nitrogens is 1. The van der Waals surface area contributed by atoms with Gasteiger partial charge in [-0.15, -0.1) is 0 Å². The van der Waals surface area contributed by atoms with Crippen LogP contribution in [0, 0.1) is 0 Å². The molecular weight excluding hydrogens is 236 g/mol. The maximum absolute atomic E-state index is 11.6. The zero-order valence-corrected chi connectivity index (χ0v) is 8.95. The molecule has 0 aromatic carbocycles. The van der Waals surface area contributed by atoms with Gasteiger partial charge in [0.15, 0.2) is 5.69 Å². The molecule has 0 radical (unpaired) electrons. The summed E-state index contributed by atoms with van der Waals surface area (Å²) >= 11 is 3.28. The van der Waals surface area contributed by atoms with Crippen molar-refractivity contribution in [2.75, 3.05) is 18.4 Å². The third kappa shape index (κ3) is 2.55. The minimum atomic E-state index is -0.0873. The summed E-state index contributed by atoms with van der Waals surface area (Å²) in [5.74, 6) is -0.0873. The molecule has 4 nitrogen and oxygen atoms in total. The molecule has 0 saturated carbocycles. The van der Waals surface area contributed by atoms with Gasteiger partial charge in [-0.25, -0.2) is 0 Å². The van der Waals surface area contributed by atoms with Gasteiger partial charge < -0.3 is 9.42 Å². The van der Waals surface area contributed by atoms with Crippen molar-refractivity contribution < 1.29 is 9.32 Å². The van der Waals surface area contributed by atoms with Crippen LogP contribution in [0.15, 0.2) is 16.9 Å². The number of nitrogens with zero attached hydrogens (tertiary/aromatic N) is 2. The standard InChI is InChI=1S/C8H11BrN2O2/c1-2-11(5-4-9)8(12)7-3-6-13-10-7/h3,6H,2,4-5H2,1H3. The molecule has 13 heavy (non-hydrogen) atoms. The average Bonchev–Trinajstić information content (AvgIpc) is 2.65. The fourth-order valence-electron chi connectivity index (χ4n) is 0.990. The molecule has 1 aromatic rings. The Morgan fingerprint density at radius 2 is 2.54 bits per heavy atom. The molecule has 0 aliphatic heterocycles. The van der Waals surface area contributed by atoms with E-state index in [1.165, 1.54) is 6.26 Å². The second kappa shape index (κ2) is 5.01. The Balaban J connectivity index is 2.65. The van der Waals surface area contributed by atoms with E-state index in [0.717, 1.165) is 5.33 Å². The summed E-state index contributed by atoms with van der Waals surface area (Å²) in [4.78, 5) is 13.3. The minimum absolute atomic E-state index is 0.0873. The fraction of sp³-hybridized carbons (Fsp3) is 0.500. The molecule has 72 valence electrons. The van der Waals surface area contributed by atoms with E-state index in [1.54, 1.807) is 11.0 Å². The van der Waals surface area contributed by atoms with Crippen LogP contribution in [-0.2, 0) is 0 Å². The third-order valence-corrected chi connectivity index (χ3v) is 2.03. The Morgan fingerprint density at radius 3 is 3.00 bits per heavy atom. The first kappa shape index (κ1) is 10.2. The van der Waals surface area contributed by atoms with Crippen LogP contribution >= 0.6 is 15.9 Å².